The zero-order valence-electron chi connectivity index (χ0n) is 34.1. The molecular weight excluding hydrogens is 1130 g/mol. The van der Waals surface area contributed by atoms with Crippen LogP contribution in [0.1, 0.15) is 0 Å². The molecule has 1 aromatic heterocycles. The van der Waals surface area contributed by atoms with Gasteiger partial charge in [-0.2, -0.15) is 0 Å². The summed E-state index contributed by atoms with van der Waals surface area (Å²) < 4.78 is 417. The number of halogens is 30. The quantitative estimate of drug-likeness (QED) is 0.0938. The fraction of sp³-hybridized carbons (Fsp3) is 0. The average molecular weight is 1130 g/mol. The summed E-state index contributed by atoms with van der Waals surface area (Å²) >= 11 is 0. The number of imidazole rings is 1. The fourth-order valence-corrected chi connectivity index (χ4v) is 6.31. The smallest absolute Gasteiger partial charge is 0.450 e. The average Bonchev–Trinajstić information content (AvgIpc) is 3.97. The van der Waals surface area contributed by atoms with Crippen LogP contribution in [-0.4, -0.2) is 18.4 Å². The molecule has 1 heterocycles. The summed E-state index contributed by atoms with van der Waals surface area (Å²) in [6.45, 7) is -7.92. The van der Waals surface area contributed by atoms with Crippen molar-refractivity contribution in [3.63, 3.8) is 0 Å². The first-order chi connectivity index (χ1) is 33.8. The van der Waals surface area contributed by atoms with Gasteiger partial charge in [-0.05, 0) is 0 Å². The van der Waals surface area contributed by atoms with Crippen LogP contribution in [0, 0.1) is 175 Å². The summed E-state index contributed by atoms with van der Waals surface area (Å²) in [5.41, 5.74) is -16.1. The van der Waals surface area contributed by atoms with Crippen LogP contribution in [0.25, 0.3) is 0 Å². The second-order valence-corrected chi connectivity index (χ2v) is 13.5. The van der Waals surface area contributed by atoms with Gasteiger partial charge >= 0.3 is 51.4 Å². The Labute approximate surface area is 430 Å². The van der Waals surface area contributed by atoms with Gasteiger partial charge in [0, 0.05) is 32.8 Å². The number of hydrogen-bond acceptors (Lipinski definition) is 1. The van der Waals surface area contributed by atoms with Crippen LogP contribution >= 0.6 is 0 Å². The summed E-state index contributed by atoms with van der Waals surface area (Å²) in [4.78, 5) is 7.22. The Morgan fingerprint density at radius 1 is 0.216 bits per heavy atom. The number of rotatable bonds is 6. The Morgan fingerprint density at radius 2 is 0.338 bits per heavy atom. The van der Waals surface area contributed by atoms with Gasteiger partial charge in [-0.3, -0.25) is 0 Å². The van der Waals surface area contributed by atoms with Crippen LogP contribution < -0.4 is 89.1 Å². The van der Waals surface area contributed by atoms with Crippen molar-refractivity contribution in [2.75, 3.05) is 0 Å². The summed E-state index contributed by atoms with van der Waals surface area (Å²) in [7, 11) is 0. The number of benzene rings is 6. The van der Waals surface area contributed by atoms with Crippen molar-refractivity contribution in [3.05, 3.63) is 193 Å². The molecule has 0 atom stereocenters. The van der Waals surface area contributed by atoms with Crippen LogP contribution in [0.4, 0.5) is 132 Å². The molecule has 386 valence electrons. The molecule has 0 radical (unpaired) electrons. The Balaban J connectivity index is 0.000000288. The first-order valence-corrected chi connectivity index (χ1v) is 17.8. The van der Waals surface area contributed by atoms with Gasteiger partial charge in [-0.25, -0.2) is 132 Å². The monoisotopic (exact) mass is 1130 g/mol. The predicted molar refractivity (Wildman–Crippen MR) is 184 cm³/mol. The van der Waals surface area contributed by atoms with E-state index in [1.807, 2.05) is 0 Å². The molecule has 0 saturated carbocycles. The third-order valence-corrected chi connectivity index (χ3v) is 9.57. The standard InChI is InChI=1S/2C18BF15.C3H3N2.K/c2*20-4-1(5(21)11(27)16(32)10(4)26)19(2-6(22)12(28)17(33)13(29)7(2)23)3-8(24)14(30)18(34)15(31)9(3)25;1-2-5-3-4-1;/h;;1-3H;/q;;-1;+1. The van der Waals surface area contributed by atoms with Crippen molar-refractivity contribution >= 4 is 46.2 Å². The Bertz CT molecular complexity index is 2660. The second-order valence-electron chi connectivity index (χ2n) is 13.5. The summed E-state index contributed by atoms with van der Waals surface area (Å²) in [5.74, 6) is -90.4. The zero-order valence-corrected chi connectivity index (χ0v) is 37.2. The molecule has 0 aliphatic carbocycles. The van der Waals surface area contributed by atoms with E-state index in [1.165, 1.54) is 6.33 Å². The van der Waals surface area contributed by atoms with Crippen molar-refractivity contribution in [1.29, 1.82) is 0 Å². The van der Waals surface area contributed by atoms with E-state index in [1.54, 1.807) is 12.4 Å². The van der Waals surface area contributed by atoms with E-state index in [2.05, 4.69) is 9.97 Å². The Morgan fingerprint density at radius 3 is 0.419 bits per heavy atom. The molecule has 0 aliphatic rings. The maximum atomic E-state index is 14.4. The van der Waals surface area contributed by atoms with E-state index >= 15 is 0 Å². The first kappa shape index (κ1) is 60.7. The Hall–Kier alpha value is -5.80. The molecule has 7 rings (SSSR count). The third-order valence-electron chi connectivity index (χ3n) is 9.57. The molecule has 0 N–H and O–H groups in total. The number of aromatic nitrogens is 2. The first-order valence-electron chi connectivity index (χ1n) is 17.8. The SMILES string of the molecule is Fc1c(F)c(F)c(B(c2c(F)c(F)c(F)c(F)c2F)c2c(F)c(F)c(F)c(F)c2F)c(F)c1F.Fc1c(F)c(F)c(B(c2c(F)c(F)c(F)c(F)c2F)c2c(F)c(F)c(F)c(F)c2F)c(F)c1F.[K+].c1c[n-]cn1. The summed E-state index contributed by atoms with van der Waals surface area (Å²) in [6.07, 6.45) is 4.78. The number of nitrogens with zero attached hydrogens (tertiary/aromatic N) is 2. The maximum Gasteiger partial charge on any atom is 1.00 e. The molecular formula is C39H3B2F30KN2. The largest absolute Gasteiger partial charge is 1.00 e. The van der Waals surface area contributed by atoms with Crippen molar-refractivity contribution in [1.82, 2.24) is 9.97 Å². The van der Waals surface area contributed by atoms with Gasteiger partial charge in [0.2, 0.25) is 0 Å². The van der Waals surface area contributed by atoms with Gasteiger partial charge in [-0.15, -0.1) is 0 Å². The van der Waals surface area contributed by atoms with E-state index in [0.717, 1.165) is 0 Å². The van der Waals surface area contributed by atoms with Gasteiger partial charge in [0.05, 0.1) is 0 Å². The minimum atomic E-state index is -3.96. The molecule has 7 aromatic rings. The molecule has 0 aliphatic heterocycles. The minimum Gasteiger partial charge on any atom is -0.450 e. The molecule has 0 amide bonds. The zero-order chi connectivity index (χ0) is 55.5. The molecule has 0 fully saturated rings. The van der Waals surface area contributed by atoms with Crippen molar-refractivity contribution < 1.29 is 183 Å². The molecule has 35 heteroatoms. The normalized spacial score (nSPS) is 11.0. The summed E-state index contributed by atoms with van der Waals surface area (Å²) in [6, 6.07) is 0. The van der Waals surface area contributed by atoms with Gasteiger partial charge in [0.25, 0.3) is 13.4 Å². The molecule has 0 unspecified atom stereocenters. The fourth-order valence-electron chi connectivity index (χ4n) is 6.31. The molecule has 74 heavy (non-hydrogen) atoms. The molecule has 2 nitrogen and oxygen atoms in total. The van der Waals surface area contributed by atoms with Gasteiger partial charge in [0.1, 0.15) is 0 Å². The van der Waals surface area contributed by atoms with Crippen LogP contribution in [0.15, 0.2) is 18.7 Å². The van der Waals surface area contributed by atoms with E-state index in [4.69, 9.17) is 0 Å². The number of hydrogen-bond donors (Lipinski definition) is 0. The van der Waals surface area contributed by atoms with Crippen LogP contribution in [0.2, 0.25) is 0 Å². The van der Waals surface area contributed by atoms with Crippen molar-refractivity contribution in [3.8, 4) is 0 Å². The van der Waals surface area contributed by atoms with Crippen LogP contribution in [-0.2, 0) is 0 Å². The summed E-state index contributed by atoms with van der Waals surface area (Å²) in [5, 5.41) is 0. The minimum absolute atomic E-state index is 0. The topological polar surface area (TPSA) is 27.0 Å². The van der Waals surface area contributed by atoms with Crippen LogP contribution in [0.5, 0.6) is 0 Å². The van der Waals surface area contributed by atoms with E-state index in [9.17, 15) is 132 Å². The predicted octanol–water partition coefficient (Wildman–Crippen LogP) is 5.62. The third kappa shape index (κ3) is 10.1. The van der Waals surface area contributed by atoms with Gasteiger partial charge in [-0.1, -0.05) is 18.7 Å². The van der Waals surface area contributed by atoms with E-state index < -0.39 is 221 Å². The molecule has 0 saturated heterocycles. The van der Waals surface area contributed by atoms with Crippen molar-refractivity contribution in [2.45, 2.75) is 0 Å². The van der Waals surface area contributed by atoms with Gasteiger partial charge in [0.15, 0.2) is 175 Å². The second kappa shape index (κ2) is 23.0. The molecule has 0 bridgehead atoms. The van der Waals surface area contributed by atoms with E-state index in [-0.39, 0.29) is 51.4 Å². The molecule has 6 aromatic carbocycles. The molecule has 0 spiro atoms. The Kier molecular flexibility index (Phi) is 18.9. The van der Waals surface area contributed by atoms with Crippen LogP contribution in [0.3, 0.4) is 0 Å². The van der Waals surface area contributed by atoms with Crippen molar-refractivity contribution in [2.24, 2.45) is 0 Å². The van der Waals surface area contributed by atoms with Gasteiger partial charge < -0.3 is 9.97 Å². The van der Waals surface area contributed by atoms with E-state index in [0.29, 0.717) is 0 Å². The maximum absolute atomic E-state index is 14.4.